The number of rotatable bonds is 3. The van der Waals surface area contributed by atoms with E-state index in [1.54, 1.807) is 0 Å². The number of nitrogens with one attached hydrogen (secondary N) is 1. The fourth-order valence-corrected chi connectivity index (χ4v) is 2.81. The van der Waals surface area contributed by atoms with Crippen LogP contribution in [-0.4, -0.2) is 11.9 Å². The minimum atomic E-state index is -0.321. The Hall–Kier alpha value is -1.04. The first-order valence-corrected chi connectivity index (χ1v) is 5.85. The van der Waals surface area contributed by atoms with Gasteiger partial charge in [-0.05, 0) is 30.6 Å². The molecule has 3 heteroatoms. The molecule has 2 rings (SSSR count). The zero-order valence-corrected chi connectivity index (χ0v) is 9.36. The Kier molecular flexibility index (Phi) is 2.68. The second kappa shape index (κ2) is 3.84. The molecule has 2 aliphatic rings. The summed E-state index contributed by atoms with van der Waals surface area (Å²) in [5.41, 5.74) is 0. The minimum Gasteiger partial charge on any atom is -0.340 e. The molecule has 0 bridgehead atoms. The molecule has 2 saturated carbocycles. The Labute approximate surface area is 90.8 Å². The summed E-state index contributed by atoms with van der Waals surface area (Å²) < 4.78 is 0. The molecule has 0 aromatic rings. The van der Waals surface area contributed by atoms with Gasteiger partial charge in [0.25, 0.3) is 0 Å². The number of nitrogens with zero attached hydrogens (tertiary/aromatic N) is 1. The largest absolute Gasteiger partial charge is 0.340 e. The highest BCUT2D eigenvalue weighted by molar-refractivity contribution is 5.83. The normalized spacial score (nSPS) is 34.4. The molecule has 0 aromatic carbocycles. The Morgan fingerprint density at radius 3 is 2.47 bits per heavy atom. The predicted octanol–water partition coefficient (Wildman–Crippen LogP) is 1.70. The van der Waals surface area contributed by atoms with Crippen LogP contribution in [0.4, 0.5) is 0 Å². The van der Waals surface area contributed by atoms with Gasteiger partial charge >= 0.3 is 0 Å². The first-order chi connectivity index (χ1) is 7.15. The van der Waals surface area contributed by atoms with E-state index in [1.165, 1.54) is 19.3 Å². The van der Waals surface area contributed by atoms with E-state index in [0.717, 1.165) is 0 Å². The van der Waals surface area contributed by atoms with Gasteiger partial charge in [-0.15, -0.1) is 0 Å². The van der Waals surface area contributed by atoms with Gasteiger partial charge in [0.05, 0.1) is 6.07 Å². The SMILES string of the molecule is CC(C)C(C#N)NC(=O)C1C2CCCC21. The van der Waals surface area contributed by atoms with Crippen LogP contribution in [0.5, 0.6) is 0 Å². The van der Waals surface area contributed by atoms with E-state index in [4.69, 9.17) is 5.26 Å². The van der Waals surface area contributed by atoms with Crippen molar-refractivity contribution in [2.45, 2.75) is 39.2 Å². The van der Waals surface area contributed by atoms with Gasteiger partial charge in [-0.25, -0.2) is 0 Å². The van der Waals surface area contributed by atoms with Crippen LogP contribution in [0.15, 0.2) is 0 Å². The van der Waals surface area contributed by atoms with Crippen LogP contribution in [0, 0.1) is 35.0 Å². The molecule has 2 fully saturated rings. The number of hydrogen-bond acceptors (Lipinski definition) is 2. The monoisotopic (exact) mass is 206 g/mol. The molecule has 3 atom stereocenters. The van der Waals surface area contributed by atoms with Gasteiger partial charge < -0.3 is 5.32 Å². The maximum atomic E-state index is 11.8. The molecule has 3 nitrogen and oxygen atoms in total. The van der Waals surface area contributed by atoms with Crippen molar-refractivity contribution in [2.24, 2.45) is 23.7 Å². The van der Waals surface area contributed by atoms with E-state index >= 15 is 0 Å². The summed E-state index contributed by atoms with van der Waals surface area (Å²) in [6.07, 6.45) is 3.70. The summed E-state index contributed by atoms with van der Waals surface area (Å²) in [7, 11) is 0. The van der Waals surface area contributed by atoms with Gasteiger partial charge in [0.1, 0.15) is 6.04 Å². The number of amides is 1. The smallest absolute Gasteiger partial charge is 0.224 e. The Morgan fingerprint density at radius 1 is 1.40 bits per heavy atom. The molecule has 15 heavy (non-hydrogen) atoms. The maximum absolute atomic E-state index is 11.8. The Balaban J connectivity index is 1.86. The molecule has 0 heterocycles. The third-order valence-corrected chi connectivity index (χ3v) is 3.81. The van der Waals surface area contributed by atoms with Gasteiger partial charge in [-0.3, -0.25) is 4.79 Å². The van der Waals surface area contributed by atoms with Crippen molar-refractivity contribution in [1.29, 1.82) is 5.26 Å². The zero-order valence-electron chi connectivity index (χ0n) is 9.36. The van der Waals surface area contributed by atoms with Crippen LogP contribution in [0.1, 0.15) is 33.1 Å². The third kappa shape index (κ3) is 1.86. The van der Waals surface area contributed by atoms with Crippen molar-refractivity contribution in [3.8, 4) is 6.07 Å². The van der Waals surface area contributed by atoms with Crippen LogP contribution in [0.2, 0.25) is 0 Å². The van der Waals surface area contributed by atoms with E-state index in [-0.39, 0.29) is 23.8 Å². The highest BCUT2D eigenvalue weighted by atomic mass is 16.2. The molecule has 0 aromatic heterocycles. The topological polar surface area (TPSA) is 52.9 Å². The number of carbonyl (C=O) groups is 1. The number of nitriles is 1. The van der Waals surface area contributed by atoms with Crippen LogP contribution < -0.4 is 5.32 Å². The minimum absolute atomic E-state index is 0.116. The molecule has 2 aliphatic carbocycles. The zero-order chi connectivity index (χ0) is 11.0. The van der Waals surface area contributed by atoms with Crippen molar-refractivity contribution in [3.05, 3.63) is 0 Å². The summed E-state index contributed by atoms with van der Waals surface area (Å²) in [5.74, 6) is 1.81. The first kappa shape index (κ1) is 10.5. The van der Waals surface area contributed by atoms with Crippen molar-refractivity contribution in [3.63, 3.8) is 0 Å². The van der Waals surface area contributed by atoms with Crippen LogP contribution >= 0.6 is 0 Å². The molecule has 0 spiro atoms. The van der Waals surface area contributed by atoms with Gasteiger partial charge in [0, 0.05) is 5.92 Å². The average molecular weight is 206 g/mol. The lowest BCUT2D eigenvalue weighted by atomic mass is 10.0. The van der Waals surface area contributed by atoms with E-state index in [0.29, 0.717) is 11.8 Å². The summed E-state index contributed by atoms with van der Waals surface area (Å²) in [6.45, 7) is 3.92. The summed E-state index contributed by atoms with van der Waals surface area (Å²) in [6, 6.07) is 1.83. The number of carbonyl (C=O) groups excluding carboxylic acids is 1. The summed E-state index contributed by atoms with van der Waals surface area (Å²) in [4.78, 5) is 11.8. The van der Waals surface area contributed by atoms with E-state index < -0.39 is 0 Å². The maximum Gasteiger partial charge on any atom is 0.224 e. The standard InChI is InChI=1S/C12H18N2O/c1-7(2)10(6-13)14-12(15)11-8-4-3-5-9(8)11/h7-11H,3-5H2,1-2H3,(H,14,15). The molecule has 1 N–H and O–H groups in total. The van der Waals surface area contributed by atoms with Crippen molar-refractivity contribution in [2.75, 3.05) is 0 Å². The highest BCUT2D eigenvalue weighted by Gasteiger charge is 2.56. The van der Waals surface area contributed by atoms with Gasteiger partial charge in [0.2, 0.25) is 5.91 Å². The highest BCUT2D eigenvalue weighted by Crippen LogP contribution is 2.57. The molecule has 0 saturated heterocycles. The fraction of sp³-hybridized carbons (Fsp3) is 0.833. The average Bonchev–Trinajstić information content (AvgIpc) is 2.68. The van der Waals surface area contributed by atoms with Gasteiger partial charge in [0.15, 0.2) is 0 Å². The molecule has 0 radical (unpaired) electrons. The summed E-state index contributed by atoms with van der Waals surface area (Å²) in [5, 5.41) is 11.7. The fourth-order valence-electron chi connectivity index (χ4n) is 2.81. The second-order valence-corrected chi connectivity index (χ2v) is 5.14. The molecule has 82 valence electrons. The quantitative estimate of drug-likeness (QED) is 0.764. The Morgan fingerprint density at radius 2 is 2.00 bits per heavy atom. The van der Waals surface area contributed by atoms with Crippen molar-refractivity contribution >= 4 is 5.91 Å². The van der Waals surface area contributed by atoms with E-state index in [2.05, 4.69) is 11.4 Å². The lowest BCUT2D eigenvalue weighted by molar-refractivity contribution is -0.123. The Bertz CT molecular complexity index is 295. The van der Waals surface area contributed by atoms with Crippen molar-refractivity contribution < 1.29 is 4.79 Å². The molecule has 1 amide bonds. The van der Waals surface area contributed by atoms with E-state index in [1.807, 2.05) is 13.8 Å². The first-order valence-electron chi connectivity index (χ1n) is 5.85. The molecule has 3 unspecified atom stereocenters. The van der Waals surface area contributed by atoms with Gasteiger partial charge in [-0.1, -0.05) is 20.3 Å². The molecule has 0 aliphatic heterocycles. The van der Waals surface area contributed by atoms with Crippen LogP contribution in [0.25, 0.3) is 0 Å². The molecular formula is C12H18N2O. The van der Waals surface area contributed by atoms with Gasteiger partial charge in [-0.2, -0.15) is 5.26 Å². The van der Waals surface area contributed by atoms with Crippen molar-refractivity contribution in [1.82, 2.24) is 5.32 Å². The number of hydrogen-bond donors (Lipinski definition) is 1. The number of fused-ring (bicyclic) bond motifs is 1. The lowest BCUT2D eigenvalue weighted by Gasteiger charge is -2.15. The summed E-state index contributed by atoms with van der Waals surface area (Å²) >= 11 is 0. The third-order valence-electron chi connectivity index (χ3n) is 3.81. The predicted molar refractivity (Wildman–Crippen MR) is 56.7 cm³/mol. The van der Waals surface area contributed by atoms with Crippen LogP contribution in [-0.2, 0) is 4.79 Å². The second-order valence-electron chi connectivity index (χ2n) is 5.14. The van der Waals surface area contributed by atoms with E-state index in [9.17, 15) is 4.79 Å². The molecular weight excluding hydrogens is 188 g/mol. The van der Waals surface area contributed by atoms with Crippen LogP contribution in [0.3, 0.4) is 0 Å². The lowest BCUT2D eigenvalue weighted by Crippen LogP contribution is -2.39.